The molecule has 0 aromatic heterocycles. The van der Waals surface area contributed by atoms with Crippen molar-refractivity contribution in [2.75, 3.05) is 12.4 Å². The van der Waals surface area contributed by atoms with E-state index in [0.717, 1.165) is 38.5 Å². The van der Waals surface area contributed by atoms with E-state index in [9.17, 15) is 19.8 Å². The van der Waals surface area contributed by atoms with Crippen LogP contribution in [0.4, 0.5) is 5.69 Å². The van der Waals surface area contributed by atoms with E-state index >= 15 is 0 Å². The Labute approximate surface area is 149 Å². The molecule has 0 heterocycles. The first kappa shape index (κ1) is 21.1. The van der Waals surface area contributed by atoms with Crippen LogP contribution in [0.3, 0.4) is 0 Å². The second-order valence-corrected chi connectivity index (χ2v) is 6.10. The van der Waals surface area contributed by atoms with Crippen molar-refractivity contribution in [3.63, 3.8) is 0 Å². The number of aliphatic hydroxyl groups is 2. The molecule has 0 saturated carbocycles. The number of rotatable bonds is 12. The average molecular weight is 351 g/mol. The summed E-state index contributed by atoms with van der Waals surface area (Å²) in [6.07, 6.45) is 6.65. The first-order valence-electron chi connectivity index (χ1n) is 8.80. The van der Waals surface area contributed by atoms with Crippen LogP contribution in [0.2, 0.25) is 0 Å². The molecule has 1 rings (SSSR count). The molecule has 0 atom stereocenters. The molecule has 0 aliphatic heterocycles. The summed E-state index contributed by atoms with van der Waals surface area (Å²) < 4.78 is 4.59. The summed E-state index contributed by atoms with van der Waals surface area (Å²) >= 11 is 0. The standard InChI is InChI=1S/C19H29NO5/c1-25-19(24)9-7-5-3-2-4-6-8-18(23)20-17-11-15(13-21)10-16(12-17)14-22/h10-12,21-22H,2-9,13-14H2,1H3,(H,20,23). The van der Waals surface area contributed by atoms with E-state index in [1.807, 2.05) is 0 Å². The Morgan fingerprint density at radius 2 is 1.40 bits per heavy atom. The number of aliphatic hydroxyl groups excluding tert-OH is 2. The van der Waals surface area contributed by atoms with Crippen LogP contribution in [0.5, 0.6) is 0 Å². The zero-order valence-electron chi connectivity index (χ0n) is 14.9. The fourth-order valence-corrected chi connectivity index (χ4v) is 2.60. The van der Waals surface area contributed by atoms with Gasteiger partial charge >= 0.3 is 5.97 Å². The van der Waals surface area contributed by atoms with Gasteiger partial charge in [-0.3, -0.25) is 9.59 Å². The molecule has 0 fully saturated rings. The second kappa shape index (κ2) is 12.4. The summed E-state index contributed by atoms with van der Waals surface area (Å²) in [5.41, 5.74) is 1.92. The molecular weight excluding hydrogens is 322 g/mol. The molecule has 0 bridgehead atoms. The van der Waals surface area contributed by atoms with Gasteiger partial charge in [-0.2, -0.15) is 0 Å². The van der Waals surface area contributed by atoms with Crippen molar-refractivity contribution in [2.24, 2.45) is 0 Å². The van der Waals surface area contributed by atoms with E-state index in [1.165, 1.54) is 7.11 Å². The zero-order chi connectivity index (χ0) is 18.5. The van der Waals surface area contributed by atoms with Crippen molar-refractivity contribution in [3.05, 3.63) is 29.3 Å². The highest BCUT2D eigenvalue weighted by molar-refractivity contribution is 5.90. The first-order chi connectivity index (χ1) is 12.1. The molecule has 0 aliphatic carbocycles. The molecule has 1 aromatic rings. The van der Waals surface area contributed by atoms with Crippen molar-refractivity contribution in [2.45, 2.75) is 64.6 Å². The van der Waals surface area contributed by atoms with E-state index in [4.69, 9.17) is 0 Å². The van der Waals surface area contributed by atoms with Crippen molar-refractivity contribution in [1.29, 1.82) is 0 Å². The third-order valence-corrected chi connectivity index (χ3v) is 3.96. The molecule has 0 unspecified atom stereocenters. The van der Waals surface area contributed by atoms with E-state index in [0.29, 0.717) is 29.7 Å². The van der Waals surface area contributed by atoms with Gasteiger partial charge in [0.1, 0.15) is 0 Å². The van der Waals surface area contributed by atoms with Crippen LogP contribution in [0.1, 0.15) is 62.5 Å². The first-order valence-corrected chi connectivity index (χ1v) is 8.80. The number of hydrogen-bond acceptors (Lipinski definition) is 5. The van der Waals surface area contributed by atoms with Crippen LogP contribution in [-0.4, -0.2) is 29.2 Å². The van der Waals surface area contributed by atoms with Crippen LogP contribution in [0, 0.1) is 0 Å². The summed E-state index contributed by atoms with van der Waals surface area (Å²) in [5.74, 6) is -0.226. The maximum Gasteiger partial charge on any atom is 0.305 e. The van der Waals surface area contributed by atoms with E-state index in [2.05, 4.69) is 10.1 Å². The van der Waals surface area contributed by atoms with Gasteiger partial charge in [-0.15, -0.1) is 0 Å². The van der Waals surface area contributed by atoms with Crippen molar-refractivity contribution in [1.82, 2.24) is 0 Å². The third-order valence-electron chi connectivity index (χ3n) is 3.96. The lowest BCUT2D eigenvalue weighted by atomic mass is 10.1. The quantitative estimate of drug-likeness (QED) is 0.397. The summed E-state index contributed by atoms with van der Waals surface area (Å²) in [6, 6.07) is 5.12. The van der Waals surface area contributed by atoms with Gasteiger partial charge in [0.05, 0.1) is 20.3 Å². The van der Waals surface area contributed by atoms with Gasteiger partial charge in [-0.1, -0.05) is 31.7 Å². The molecule has 6 nitrogen and oxygen atoms in total. The van der Waals surface area contributed by atoms with Gasteiger partial charge in [0.15, 0.2) is 0 Å². The Kier molecular flexibility index (Phi) is 10.5. The SMILES string of the molecule is COC(=O)CCCCCCCCC(=O)Nc1cc(CO)cc(CO)c1. The predicted molar refractivity (Wildman–Crippen MR) is 95.9 cm³/mol. The lowest BCUT2D eigenvalue weighted by Crippen LogP contribution is -2.11. The van der Waals surface area contributed by atoms with Crippen LogP contribution in [0.15, 0.2) is 18.2 Å². The highest BCUT2D eigenvalue weighted by atomic mass is 16.5. The number of methoxy groups -OCH3 is 1. The van der Waals surface area contributed by atoms with Gasteiger partial charge in [0.25, 0.3) is 0 Å². The third kappa shape index (κ3) is 9.22. The predicted octanol–water partition coefficient (Wildman–Crippen LogP) is 2.90. The number of esters is 1. The number of ether oxygens (including phenoxy) is 1. The molecule has 1 amide bonds. The van der Waals surface area contributed by atoms with Gasteiger partial charge in [-0.25, -0.2) is 0 Å². The number of benzene rings is 1. The summed E-state index contributed by atoms with van der Waals surface area (Å²) in [6.45, 7) is -0.265. The average Bonchev–Trinajstić information content (AvgIpc) is 2.63. The summed E-state index contributed by atoms with van der Waals surface area (Å²) in [5, 5.41) is 21.2. The maximum atomic E-state index is 12.0. The minimum absolute atomic E-state index is 0.0651. The minimum Gasteiger partial charge on any atom is -0.469 e. The van der Waals surface area contributed by atoms with E-state index in [-0.39, 0.29) is 25.1 Å². The molecule has 0 spiro atoms. The van der Waals surface area contributed by atoms with E-state index in [1.54, 1.807) is 18.2 Å². The van der Waals surface area contributed by atoms with Crippen LogP contribution in [-0.2, 0) is 27.5 Å². The topological polar surface area (TPSA) is 95.9 Å². The lowest BCUT2D eigenvalue weighted by molar-refractivity contribution is -0.140. The fraction of sp³-hybridized carbons (Fsp3) is 0.579. The highest BCUT2D eigenvalue weighted by Gasteiger charge is 2.05. The number of carbonyl (C=O) groups is 2. The smallest absolute Gasteiger partial charge is 0.305 e. The molecule has 140 valence electrons. The van der Waals surface area contributed by atoms with Crippen LogP contribution >= 0.6 is 0 Å². The molecule has 0 radical (unpaired) electrons. The van der Waals surface area contributed by atoms with Crippen molar-refractivity contribution >= 4 is 17.6 Å². The monoisotopic (exact) mass is 351 g/mol. The zero-order valence-corrected chi connectivity index (χ0v) is 14.9. The summed E-state index contributed by atoms with van der Waals surface area (Å²) in [7, 11) is 1.40. The Morgan fingerprint density at radius 1 is 0.880 bits per heavy atom. The largest absolute Gasteiger partial charge is 0.469 e. The Bertz CT molecular complexity index is 522. The van der Waals surface area contributed by atoms with Crippen LogP contribution in [0.25, 0.3) is 0 Å². The van der Waals surface area contributed by atoms with Gasteiger partial charge in [0.2, 0.25) is 5.91 Å². The molecule has 0 saturated heterocycles. The number of anilines is 1. The van der Waals surface area contributed by atoms with E-state index < -0.39 is 0 Å². The van der Waals surface area contributed by atoms with Crippen molar-refractivity contribution < 1.29 is 24.5 Å². The second-order valence-electron chi connectivity index (χ2n) is 6.10. The number of amides is 1. The fourth-order valence-electron chi connectivity index (χ4n) is 2.60. The molecule has 25 heavy (non-hydrogen) atoms. The summed E-state index contributed by atoms with van der Waals surface area (Å²) in [4.78, 5) is 22.9. The lowest BCUT2D eigenvalue weighted by Gasteiger charge is -2.09. The normalized spacial score (nSPS) is 10.5. The molecule has 0 aliphatic rings. The molecular formula is C19H29NO5. The number of unbranched alkanes of at least 4 members (excludes halogenated alkanes) is 5. The van der Waals surface area contributed by atoms with Gasteiger partial charge in [0, 0.05) is 18.5 Å². The molecule has 3 N–H and O–H groups in total. The molecule has 6 heteroatoms. The highest BCUT2D eigenvalue weighted by Crippen LogP contribution is 2.16. The molecule has 1 aromatic carbocycles. The number of nitrogens with one attached hydrogen (secondary N) is 1. The van der Waals surface area contributed by atoms with Crippen molar-refractivity contribution in [3.8, 4) is 0 Å². The van der Waals surface area contributed by atoms with Gasteiger partial charge in [-0.05, 0) is 36.1 Å². The number of hydrogen-bond donors (Lipinski definition) is 3. The number of carbonyl (C=O) groups excluding carboxylic acids is 2. The Balaban J connectivity index is 2.18. The minimum atomic E-state index is -0.161. The Hall–Kier alpha value is -1.92. The Morgan fingerprint density at radius 3 is 1.92 bits per heavy atom. The van der Waals surface area contributed by atoms with Crippen LogP contribution < -0.4 is 5.32 Å². The maximum absolute atomic E-state index is 12.0. The van der Waals surface area contributed by atoms with Gasteiger partial charge < -0.3 is 20.3 Å².